The largest absolute Gasteiger partial charge is 0.508 e. The predicted octanol–water partition coefficient (Wildman–Crippen LogP) is 1.21. The van der Waals surface area contributed by atoms with Gasteiger partial charge in [0.05, 0.1) is 12.0 Å². The lowest BCUT2D eigenvalue weighted by Gasteiger charge is -2.28. The number of methoxy groups -OCH3 is 1. The third-order valence-corrected chi connectivity index (χ3v) is 4.83. The molecule has 0 spiro atoms. The molecule has 0 aliphatic heterocycles. The maximum absolute atomic E-state index is 12.4. The molecule has 0 fully saturated rings. The Hall–Kier alpha value is -1.60. The molecule has 0 aliphatic carbocycles. The van der Waals surface area contributed by atoms with E-state index in [2.05, 4.69) is 4.74 Å². The smallest absolute Gasteiger partial charge is 0.324 e. The Morgan fingerprint density at radius 1 is 1.25 bits per heavy atom. The molecule has 1 N–H and O–H groups in total. The summed E-state index contributed by atoms with van der Waals surface area (Å²) in [5.41, 5.74) is 0. The Labute approximate surface area is 119 Å². The van der Waals surface area contributed by atoms with Gasteiger partial charge in [0.15, 0.2) is 0 Å². The summed E-state index contributed by atoms with van der Waals surface area (Å²) in [6.45, 7) is 3.48. The summed E-state index contributed by atoms with van der Waals surface area (Å²) >= 11 is 0. The van der Waals surface area contributed by atoms with Crippen LogP contribution in [-0.4, -0.2) is 44.0 Å². The van der Waals surface area contributed by atoms with Crippen molar-refractivity contribution in [1.29, 1.82) is 0 Å². The molecule has 0 aliphatic rings. The van der Waals surface area contributed by atoms with Crippen LogP contribution in [0.25, 0.3) is 0 Å². The second-order valence-corrected chi connectivity index (χ2v) is 6.72. The molecule has 0 aromatic heterocycles. The molecular formula is C13H19NO5S. The van der Waals surface area contributed by atoms with Gasteiger partial charge >= 0.3 is 5.97 Å². The Balaban J connectivity index is 3.19. The van der Waals surface area contributed by atoms with E-state index in [4.69, 9.17) is 0 Å². The van der Waals surface area contributed by atoms with Crippen LogP contribution in [0.1, 0.15) is 13.8 Å². The number of ether oxygens (including phenoxy) is 1. The summed E-state index contributed by atoms with van der Waals surface area (Å²) in [4.78, 5) is 11.8. The Morgan fingerprint density at radius 2 is 1.75 bits per heavy atom. The molecule has 0 heterocycles. The van der Waals surface area contributed by atoms with Crippen molar-refractivity contribution in [1.82, 2.24) is 4.31 Å². The molecule has 0 radical (unpaired) electrons. The highest BCUT2D eigenvalue weighted by Gasteiger charge is 2.35. The summed E-state index contributed by atoms with van der Waals surface area (Å²) < 4.78 is 30.5. The minimum absolute atomic E-state index is 0.00681. The van der Waals surface area contributed by atoms with Crippen molar-refractivity contribution in [2.75, 3.05) is 14.2 Å². The van der Waals surface area contributed by atoms with Gasteiger partial charge in [-0.3, -0.25) is 4.79 Å². The first-order valence-electron chi connectivity index (χ1n) is 6.06. The van der Waals surface area contributed by atoms with Gasteiger partial charge in [-0.1, -0.05) is 13.8 Å². The maximum atomic E-state index is 12.4. The molecular weight excluding hydrogens is 282 g/mol. The van der Waals surface area contributed by atoms with E-state index in [0.29, 0.717) is 0 Å². The zero-order valence-electron chi connectivity index (χ0n) is 11.9. The number of sulfonamides is 1. The van der Waals surface area contributed by atoms with Gasteiger partial charge in [-0.15, -0.1) is 0 Å². The van der Waals surface area contributed by atoms with E-state index in [1.54, 1.807) is 13.8 Å². The fourth-order valence-corrected chi connectivity index (χ4v) is 3.34. The van der Waals surface area contributed by atoms with Crippen LogP contribution < -0.4 is 0 Å². The summed E-state index contributed by atoms with van der Waals surface area (Å²) in [7, 11) is -1.28. The molecule has 1 aromatic rings. The highest BCUT2D eigenvalue weighted by Crippen LogP contribution is 2.22. The fraction of sp³-hybridized carbons (Fsp3) is 0.462. The number of phenols is 1. The molecule has 0 bridgehead atoms. The topological polar surface area (TPSA) is 83.9 Å². The van der Waals surface area contributed by atoms with E-state index in [1.807, 2.05) is 0 Å². The van der Waals surface area contributed by atoms with E-state index in [-0.39, 0.29) is 16.6 Å². The molecule has 20 heavy (non-hydrogen) atoms. The van der Waals surface area contributed by atoms with E-state index in [1.165, 1.54) is 38.4 Å². The zero-order valence-corrected chi connectivity index (χ0v) is 12.7. The van der Waals surface area contributed by atoms with Crippen molar-refractivity contribution >= 4 is 16.0 Å². The van der Waals surface area contributed by atoms with Gasteiger partial charge in [0.2, 0.25) is 10.0 Å². The average Bonchev–Trinajstić information content (AvgIpc) is 2.38. The van der Waals surface area contributed by atoms with Crippen molar-refractivity contribution in [3.63, 3.8) is 0 Å². The molecule has 0 saturated carbocycles. The Bertz CT molecular complexity index is 565. The maximum Gasteiger partial charge on any atom is 0.324 e. The number of nitrogens with zero attached hydrogens (tertiary/aromatic N) is 1. The summed E-state index contributed by atoms with van der Waals surface area (Å²) in [5, 5.41) is 9.20. The monoisotopic (exact) mass is 301 g/mol. The summed E-state index contributed by atoms with van der Waals surface area (Å²) in [6.07, 6.45) is 0. The van der Waals surface area contributed by atoms with Gasteiger partial charge in [-0.05, 0) is 30.2 Å². The van der Waals surface area contributed by atoms with Crippen LogP contribution >= 0.6 is 0 Å². The van der Waals surface area contributed by atoms with Gasteiger partial charge in [-0.25, -0.2) is 8.42 Å². The molecule has 7 heteroatoms. The average molecular weight is 301 g/mol. The molecule has 1 rings (SSSR count). The number of aromatic hydroxyl groups is 1. The molecule has 112 valence electrons. The van der Waals surface area contributed by atoms with E-state index >= 15 is 0 Å². The highest BCUT2D eigenvalue weighted by atomic mass is 32.2. The fourth-order valence-electron chi connectivity index (χ4n) is 1.90. The molecule has 0 amide bonds. The van der Waals surface area contributed by atoms with E-state index < -0.39 is 22.0 Å². The van der Waals surface area contributed by atoms with Crippen molar-refractivity contribution in [2.45, 2.75) is 24.8 Å². The van der Waals surface area contributed by atoms with E-state index in [9.17, 15) is 18.3 Å². The number of carbonyl (C=O) groups is 1. The highest BCUT2D eigenvalue weighted by molar-refractivity contribution is 7.89. The standard InChI is InChI=1S/C13H19NO5S/c1-9(2)12(13(16)19-4)14(3)20(17,18)11-7-5-10(15)6-8-11/h5-9,12,15H,1-4H3/t12-/m1/s1. The van der Waals surface area contributed by atoms with Crippen LogP contribution in [0, 0.1) is 5.92 Å². The van der Waals surface area contributed by atoms with Crippen molar-refractivity contribution in [3.05, 3.63) is 24.3 Å². The Kier molecular flexibility index (Phi) is 5.13. The number of esters is 1. The number of hydrogen-bond donors (Lipinski definition) is 1. The first-order valence-corrected chi connectivity index (χ1v) is 7.50. The minimum atomic E-state index is -3.83. The van der Waals surface area contributed by atoms with Crippen LogP contribution in [0.3, 0.4) is 0 Å². The number of benzene rings is 1. The third kappa shape index (κ3) is 3.29. The number of rotatable bonds is 5. The second-order valence-electron chi connectivity index (χ2n) is 4.73. The summed E-state index contributed by atoms with van der Waals surface area (Å²) in [5.74, 6) is -0.871. The first kappa shape index (κ1) is 16.5. The molecule has 1 atom stereocenters. The molecule has 0 unspecified atom stereocenters. The lowest BCUT2D eigenvalue weighted by Crippen LogP contribution is -2.46. The van der Waals surface area contributed by atoms with Crippen LogP contribution in [0.2, 0.25) is 0 Å². The second kappa shape index (κ2) is 6.23. The minimum Gasteiger partial charge on any atom is -0.508 e. The van der Waals surface area contributed by atoms with E-state index in [0.717, 1.165) is 4.31 Å². The number of carbonyl (C=O) groups excluding carboxylic acids is 1. The summed E-state index contributed by atoms with van der Waals surface area (Å²) in [6, 6.07) is 4.23. The van der Waals surface area contributed by atoms with Gasteiger partial charge < -0.3 is 9.84 Å². The molecule has 0 saturated heterocycles. The van der Waals surface area contributed by atoms with Gasteiger partial charge in [0.25, 0.3) is 0 Å². The predicted molar refractivity (Wildman–Crippen MR) is 73.7 cm³/mol. The van der Waals surface area contributed by atoms with Gasteiger partial charge in [-0.2, -0.15) is 4.31 Å². The zero-order chi connectivity index (χ0) is 15.5. The Morgan fingerprint density at radius 3 is 2.15 bits per heavy atom. The van der Waals surface area contributed by atoms with Crippen molar-refractivity contribution in [3.8, 4) is 5.75 Å². The molecule has 6 nitrogen and oxygen atoms in total. The first-order chi connectivity index (χ1) is 9.21. The number of phenolic OH excluding ortho intramolecular Hbond substituents is 1. The van der Waals surface area contributed by atoms with Crippen molar-refractivity contribution < 1.29 is 23.1 Å². The van der Waals surface area contributed by atoms with Gasteiger partial charge in [0.1, 0.15) is 11.8 Å². The van der Waals surface area contributed by atoms with Crippen molar-refractivity contribution in [2.24, 2.45) is 5.92 Å². The lowest BCUT2D eigenvalue weighted by molar-refractivity contribution is -0.146. The van der Waals surface area contributed by atoms with Crippen LogP contribution in [0.15, 0.2) is 29.2 Å². The normalized spacial score (nSPS) is 13.5. The molecule has 1 aromatic carbocycles. The SMILES string of the molecule is COC(=O)[C@@H](C(C)C)N(C)S(=O)(=O)c1ccc(O)cc1. The van der Waals surface area contributed by atoms with Gasteiger partial charge in [0, 0.05) is 7.05 Å². The third-order valence-electron chi connectivity index (χ3n) is 2.98. The number of likely N-dealkylation sites (N-methyl/N-ethyl adjacent to an activating group) is 1. The van der Waals surface area contributed by atoms with Crippen LogP contribution in [0.5, 0.6) is 5.75 Å². The van der Waals surface area contributed by atoms with Crippen LogP contribution in [0.4, 0.5) is 0 Å². The number of hydrogen-bond acceptors (Lipinski definition) is 5. The quantitative estimate of drug-likeness (QED) is 0.826. The van der Waals surface area contributed by atoms with Crippen LogP contribution in [-0.2, 0) is 19.6 Å². The lowest BCUT2D eigenvalue weighted by atomic mass is 10.1.